The second kappa shape index (κ2) is 8.33. The highest BCUT2D eigenvalue weighted by molar-refractivity contribution is 7.91. The third-order valence-electron chi connectivity index (χ3n) is 5.52. The zero-order valence-corrected chi connectivity index (χ0v) is 17.6. The molecule has 2 aromatic rings. The van der Waals surface area contributed by atoms with Gasteiger partial charge in [0.1, 0.15) is 17.4 Å². The third-order valence-corrected chi connectivity index (χ3v) is 8.32. The highest BCUT2D eigenvalue weighted by Gasteiger charge is 2.36. The molecule has 0 bridgehead atoms. The molecule has 0 saturated heterocycles. The lowest BCUT2D eigenvalue weighted by Gasteiger charge is -2.31. The van der Waals surface area contributed by atoms with Crippen molar-refractivity contribution in [1.29, 1.82) is 0 Å². The molecule has 2 heterocycles. The van der Waals surface area contributed by atoms with Crippen LogP contribution in [0.1, 0.15) is 31.2 Å². The van der Waals surface area contributed by atoms with Gasteiger partial charge in [-0.1, -0.05) is 25.0 Å². The molecule has 1 aromatic heterocycles. The van der Waals surface area contributed by atoms with E-state index < -0.39 is 10.0 Å². The monoisotopic (exact) mass is 436 g/mol. The van der Waals surface area contributed by atoms with Gasteiger partial charge in [-0.2, -0.15) is 0 Å². The van der Waals surface area contributed by atoms with Gasteiger partial charge in [-0.05, 0) is 42.0 Å². The number of hydrogen-bond donors (Lipinski definition) is 2. The summed E-state index contributed by atoms with van der Waals surface area (Å²) in [5, 5.41) is 4.61. The Bertz CT molecular complexity index is 967. The van der Waals surface area contributed by atoms with Crippen LogP contribution in [0.5, 0.6) is 11.5 Å². The largest absolute Gasteiger partial charge is 0.486 e. The van der Waals surface area contributed by atoms with Crippen molar-refractivity contribution in [3.05, 3.63) is 41.3 Å². The first-order valence-electron chi connectivity index (χ1n) is 9.69. The molecule has 1 aliphatic heterocycles. The van der Waals surface area contributed by atoms with E-state index in [9.17, 15) is 13.2 Å². The molecule has 9 heteroatoms. The molecule has 7 nitrogen and oxygen atoms in total. The predicted molar refractivity (Wildman–Crippen MR) is 110 cm³/mol. The minimum Gasteiger partial charge on any atom is -0.486 e. The number of ether oxygens (including phenoxy) is 2. The van der Waals surface area contributed by atoms with Crippen LogP contribution < -0.4 is 19.5 Å². The van der Waals surface area contributed by atoms with Gasteiger partial charge >= 0.3 is 0 Å². The van der Waals surface area contributed by atoms with Crippen molar-refractivity contribution in [3.63, 3.8) is 0 Å². The van der Waals surface area contributed by atoms with Crippen LogP contribution in [0.15, 0.2) is 39.9 Å². The zero-order chi connectivity index (χ0) is 20.3. The fourth-order valence-corrected chi connectivity index (χ4v) is 5.99. The van der Waals surface area contributed by atoms with Crippen LogP contribution in [0.3, 0.4) is 0 Å². The number of hydrogen-bond acceptors (Lipinski definition) is 6. The van der Waals surface area contributed by atoms with Gasteiger partial charge in [0.25, 0.3) is 10.0 Å². The molecular weight excluding hydrogens is 412 g/mol. The smallest absolute Gasteiger partial charge is 0.250 e. The number of carbonyl (C=O) groups is 1. The summed E-state index contributed by atoms with van der Waals surface area (Å²) in [6.07, 6.45) is 4.12. The summed E-state index contributed by atoms with van der Waals surface area (Å²) in [5.41, 5.74) is 0.955. The molecule has 0 unspecified atom stereocenters. The number of fused-ring (bicyclic) bond motifs is 1. The summed E-state index contributed by atoms with van der Waals surface area (Å²) in [6, 6.07) is 9.17. The lowest BCUT2D eigenvalue weighted by atomic mass is 9.78. The predicted octanol–water partition coefficient (Wildman–Crippen LogP) is 2.43. The quantitative estimate of drug-likeness (QED) is 0.695. The van der Waals surface area contributed by atoms with Crippen LogP contribution in [-0.4, -0.2) is 40.6 Å². The number of thiophene rings is 1. The SMILES string of the molecule is O=C(CNS(=O)(=O)c1cccs1)NCC1(c2ccc3c(c2)OCCO3)CCCC1. The standard InChI is InChI=1S/C20H24N2O5S2/c23-18(13-22-29(24,25)19-4-3-11-28-19)21-14-20(7-1-2-8-20)15-5-6-16-17(12-15)27-10-9-26-16/h3-6,11-12,22H,1-2,7-10,13-14H2,(H,21,23). The average Bonchev–Trinajstić information content (AvgIpc) is 3.44. The Morgan fingerprint density at radius 2 is 1.86 bits per heavy atom. The maximum atomic E-state index is 12.3. The molecule has 29 heavy (non-hydrogen) atoms. The molecule has 156 valence electrons. The van der Waals surface area contributed by atoms with Crippen LogP contribution in [0, 0.1) is 0 Å². The van der Waals surface area contributed by atoms with E-state index in [1.54, 1.807) is 11.4 Å². The van der Waals surface area contributed by atoms with E-state index in [1.807, 2.05) is 18.2 Å². The van der Waals surface area contributed by atoms with E-state index in [0.29, 0.717) is 19.8 Å². The Kier molecular flexibility index (Phi) is 5.80. The summed E-state index contributed by atoms with van der Waals surface area (Å²) in [7, 11) is -3.65. The van der Waals surface area contributed by atoms with Gasteiger partial charge < -0.3 is 14.8 Å². The Morgan fingerprint density at radius 1 is 1.10 bits per heavy atom. The topological polar surface area (TPSA) is 93.7 Å². The van der Waals surface area contributed by atoms with Crippen molar-refractivity contribution < 1.29 is 22.7 Å². The molecule has 1 saturated carbocycles. The Balaban J connectivity index is 1.40. The Morgan fingerprint density at radius 3 is 2.59 bits per heavy atom. The number of carbonyl (C=O) groups excluding carboxylic acids is 1. The summed E-state index contributed by atoms with van der Waals surface area (Å²) in [4.78, 5) is 12.3. The van der Waals surface area contributed by atoms with Crippen LogP contribution in [0.25, 0.3) is 0 Å². The fourth-order valence-electron chi connectivity index (χ4n) is 3.97. The normalized spacial score (nSPS) is 17.8. The molecule has 0 radical (unpaired) electrons. The van der Waals surface area contributed by atoms with Crippen molar-refractivity contribution in [2.24, 2.45) is 0 Å². The fraction of sp³-hybridized carbons (Fsp3) is 0.450. The number of rotatable bonds is 7. The molecule has 1 amide bonds. The second-order valence-electron chi connectivity index (χ2n) is 7.38. The molecule has 1 fully saturated rings. The van der Waals surface area contributed by atoms with Gasteiger partial charge in [-0.3, -0.25) is 4.79 Å². The van der Waals surface area contributed by atoms with Crippen molar-refractivity contribution in [2.75, 3.05) is 26.3 Å². The third kappa shape index (κ3) is 4.41. The first-order chi connectivity index (χ1) is 14.0. The minimum absolute atomic E-state index is 0.169. The van der Waals surface area contributed by atoms with Gasteiger partial charge in [-0.25, -0.2) is 13.1 Å². The molecule has 4 rings (SSSR count). The number of nitrogens with one attached hydrogen (secondary N) is 2. The zero-order valence-electron chi connectivity index (χ0n) is 16.0. The number of amides is 1. The van der Waals surface area contributed by atoms with Crippen LogP contribution >= 0.6 is 11.3 Å². The van der Waals surface area contributed by atoms with E-state index >= 15 is 0 Å². The summed E-state index contributed by atoms with van der Waals surface area (Å²) in [6.45, 7) is 1.27. The molecule has 2 aliphatic rings. The maximum absolute atomic E-state index is 12.3. The van der Waals surface area contributed by atoms with E-state index in [1.165, 1.54) is 6.07 Å². The lowest BCUT2D eigenvalue weighted by molar-refractivity contribution is -0.120. The van der Waals surface area contributed by atoms with Gasteiger partial charge in [-0.15, -0.1) is 11.3 Å². The summed E-state index contributed by atoms with van der Waals surface area (Å²) < 4.78 is 38.2. The van der Waals surface area contributed by atoms with Crippen molar-refractivity contribution in [2.45, 2.75) is 35.3 Å². The molecule has 0 spiro atoms. The molecule has 2 N–H and O–H groups in total. The average molecular weight is 437 g/mol. The first-order valence-corrected chi connectivity index (χ1v) is 12.0. The molecular formula is C20H24N2O5S2. The van der Waals surface area contributed by atoms with Gasteiger partial charge in [0, 0.05) is 12.0 Å². The van der Waals surface area contributed by atoms with Gasteiger partial charge in [0.2, 0.25) is 5.91 Å². The highest BCUT2D eigenvalue weighted by atomic mass is 32.2. The van der Waals surface area contributed by atoms with E-state index in [4.69, 9.17) is 9.47 Å². The van der Waals surface area contributed by atoms with Crippen molar-refractivity contribution >= 4 is 27.3 Å². The summed E-state index contributed by atoms with van der Waals surface area (Å²) in [5.74, 6) is 1.16. The van der Waals surface area contributed by atoms with E-state index in [-0.39, 0.29) is 22.1 Å². The van der Waals surface area contributed by atoms with Crippen molar-refractivity contribution in [1.82, 2.24) is 10.0 Å². The second-order valence-corrected chi connectivity index (χ2v) is 10.3. The number of benzene rings is 1. The summed E-state index contributed by atoms with van der Waals surface area (Å²) >= 11 is 1.12. The highest BCUT2D eigenvalue weighted by Crippen LogP contribution is 2.43. The maximum Gasteiger partial charge on any atom is 0.250 e. The van der Waals surface area contributed by atoms with Crippen LogP contribution in [-0.2, 0) is 20.2 Å². The Labute approximate surface area is 174 Å². The van der Waals surface area contributed by atoms with E-state index in [2.05, 4.69) is 10.0 Å². The van der Waals surface area contributed by atoms with E-state index in [0.717, 1.165) is 54.1 Å². The van der Waals surface area contributed by atoms with Crippen LogP contribution in [0.2, 0.25) is 0 Å². The Hall–Kier alpha value is -2.10. The molecule has 0 atom stereocenters. The molecule has 1 aromatic carbocycles. The molecule has 1 aliphatic carbocycles. The first kappa shape index (κ1) is 20.2. The number of sulfonamides is 1. The van der Waals surface area contributed by atoms with Gasteiger partial charge in [0.05, 0.1) is 6.54 Å². The van der Waals surface area contributed by atoms with Gasteiger partial charge in [0.15, 0.2) is 11.5 Å². The van der Waals surface area contributed by atoms with Crippen LogP contribution in [0.4, 0.5) is 0 Å². The lowest BCUT2D eigenvalue weighted by Crippen LogP contribution is -2.43. The van der Waals surface area contributed by atoms with Crippen molar-refractivity contribution in [3.8, 4) is 11.5 Å². The minimum atomic E-state index is -3.65.